The van der Waals surface area contributed by atoms with Crippen LogP contribution in [0.2, 0.25) is 0 Å². The summed E-state index contributed by atoms with van der Waals surface area (Å²) in [4.78, 5) is 25.7. The van der Waals surface area contributed by atoms with Crippen molar-refractivity contribution in [3.8, 4) is 16.9 Å². The maximum Gasteiger partial charge on any atom is 0.573 e. The molecule has 0 radical (unpaired) electrons. The number of nitrogens with zero attached hydrogens (tertiary/aromatic N) is 1. The first-order valence-corrected chi connectivity index (χ1v) is 8.93. The van der Waals surface area contributed by atoms with Gasteiger partial charge in [0.2, 0.25) is 0 Å². The van der Waals surface area contributed by atoms with E-state index in [-0.39, 0.29) is 23.4 Å². The second-order valence-corrected chi connectivity index (χ2v) is 6.77. The van der Waals surface area contributed by atoms with Crippen LogP contribution in [0, 0.1) is 11.6 Å². The van der Waals surface area contributed by atoms with E-state index in [1.54, 1.807) is 12.1 Å². The zero-order valence-corrected chi connectivity index (χ0v) is 15.5. The fourth-order valence-electron chi connectivity index (χ4n) is 3.32. The van der Waals surface area contributed by atoms with Crippen molar-refractivity contribution in [2.24, 2.45) is 0 Å². The van der Waals surface area contributed by atoms with Crippen LogP contribution in [0.3, 0.4) is 0 Å². The number of anilines is 1. The molecule has 0 aromatic heterocycles. The van der Waals surface area contributed by atoms with E-state index in [1.165, 1.54) is 18.2 Å². The van der Waals surface area contributed by atoms with Crippen LogP contribution in [0.15, 0.2) is 60.7 Å². The number of alkyl halides is 3. The average Bonchev–Trinajstić information content (AvgIpc) is 2.94. The summed E-state index contributed by atoms with van der Waals surface area (Å²) in [5.41, 5.74) is 1.03. The van der Waals surface area contributed by atoms with Crippen molar-refractivity contribution in [3.63, 3.8) is 0 Å². The number of hydrogen-bond donors (Lipinski definition) is 0. The lowest BCUT2D eigenvalue weighted by Gasteiger charge is -2.17. The molecular formula is C22H12F5NO3. The molecule has 0 fully saturated rings. The van der Waals surface area contributed by atoms with Crippen LogP contribution in [0.25, 0.3) is 11.1 Å². The van der Waals surface area contributed by atoms with Crippen molar-refractivity contribution in [3.05, 3.63) is 83.4 Å². The molecule has 0 atom stereocenters. The van der Waals surface area contributed by atoms with Crippen LogP contribution in [0.5, 0.6) is 5.75 Å². The molecule has 9 heteroatoms. The number of ether oxygens (including phenoxy) is 1. The average molecular weight is 433 g/mol. The van der Waals surface area contributed by atoms with Gasteiger partial charge in [-0.05, 0) is 47.5 Å². The first-order chi connectivity index (χ1) is 14.6. The Kier molecular flexibility index (Phi) is 4.96. The number of hydrogen-bond acceptors (Lipinski definition) is 3. The lowest BCUT2D eigenvalue weighted by molar-refractivity contribution is -0.274. The number of amides is 1. The van der Waals surface area contributed by atoms with Crippen molar-refractivity contribution in [2.75, 3.05) is 4.90 Å². The molecule has 1 aliphatic heterocycles. The normalized spacial score (nSPS) is 13.5. The van der Waals surface area contributed by atoms with Gasteiger partial charge >= 0.3 is 6.36 Å². The molecule has 0 N–H and O–H groups in total. The largest absolute Gasteiger partial charge is 0.573 e. The fraction of sp³-hybridized carbons (Fsp3) is 0.0909. The highest BCUT2D eigenvalue weighted by molar-refractivity contribution is 6.52. The second-order valence-electron chi connectivity index (χ2n) is 6.77. The minimum atomic E-state index is -4.93. The van der Waals surface area contributed by atoms with E-state index in [1.807, 2.05) is 0 Å². The third-order valence-corrected chi connectivity index (χ3v) is 4.71. The van der Waals surface area contributed by atoms with Gasteiger partial charge in [0.15, 0.2) is 0 Å². The summed E-state index contributed by atoms with van der Waals surface area (Å²) in [5, 5.41) is 0. The lowest BCUT2D eigenvalue weighted by atomic mass is 10.0. The number of ketones is 1. The van der Waals surface area contributed by atoms with Gasteiger partial charge in [-0.1, -0.05) is 24.3 Å². The van der Waals surface area contributed by atoms with Crippen LogP contribution in [0.4, 0.5) is 27.6 Å². The van der Waals surface area contributed by atoms with Crippen molar-refractivity contribution in [2.45, 2.75) is 12.9 Å². The first-order valence-electron chi connectivity index (χ1n) is 8.93. The molecule has 0 spiro atoms. The third kappa shape index (κ3) is 4.11. The van der Waals surface area contributed by atoms with Crippen LogP contribution in [-0.4, -0.2) is 18.1 Å². The monoisotopic (exact) mass is 433 g/mol. The van der Waals surface area contributed by atoms with E-state index in [4.69, 9.17) is 0 Å². The van der Waals surface area contributed by atoms with Gasteiger partial charge in [-0.3, -0.25) is 9.59 Å². The molecule has 158 valence electrons. The Labute approximate surface area is 172 Å². The van der Waals surface area contributed by atoms with E-state index in [0.717, 1.165) is 35.2 Å². The topological polar surface area (TPSA) is 46.6 Å². The number of benzene rings is 3. The number of carbonyl (C=O) groups excluding carboxylic acids is 2. The van der Waals surface area contributed by atoms with Crippen LogP contribution in [0.1, 0.15) is 15.9 Å². The van der Waals surface area contributed by atoms with E-state index in [0.29, 0.717) is 11.1 Å². The van der Waals surface area contributed by atoms with Crippen LogP contribution < -0.4 is 9.64 Å². The SMILES string of the molecule is O=C1C(=O)N(Cc2ccc(-c3cc(F)ccc3F)cc2)c2ccc(OC(F)(F)F)cc21. The predicted molar refractivity (Wildman–Crippen MR) is 100 cm³/mol. The molecule has 3 aromatic rings. The summed E-state index contributed by atoms with van der Waals surface area (Å²) < 4.78 is 68.4. The van der Waals surface area contributed by atoms with Crippen molar-refractivity contribution < 1.29 is 36.3 Å². The summed E-state index contributed by atoms with van der Waals surface area (Å²) in [6.07, 6.45) is -4.93. The summed E-state index contributed by atoms with van der Waals surface area (Å²) in [6, 6.07) is 12.4. The van der Waals surface area contributed by atoms with E-state index in [9.17, 15) is 31.5 Å². The molecule has 0 saturated heterocycles. The van der Waals surface area contributed by atoms with Gasteiger partial charge in [-0.2, -0.15) is 0 Å². The number of halogens is 5. The molecule has 4 nitrogen and oxygen atoms in total. The Morgan fingerprint density at radius 1 is 0.839 bits per heavy atom. The Morgan fingerprint density at radius 3 is 2.23 bits per heavy atom. The molecule has 1 heterocycles. The zero-order chi connectivity index (χ0) is 22.3. The lowest BCUT2D eigenvalue weighted by Crippen LogP contribution is -2.29. The fourth-order valence-corrected chi connectivity index (χ4v) is 3.32. The molecule has 0 aliphatic carbocycles. The van der Waals surface area contributed by atoms with Gasteiger partial charge < -0.3 is 9.64 Å². The van der Waals surface area contributed by atoms with E-state index < -0.39 is 35.4 Å². The number of Topliss-reactive ketones (excluding diaryl/α,β-unsaturated/α-hetero) is 1. The summed E-state index contributed by atoms with van der Waals surface area (Å²) in [6.45, 7) is -0.0387. The standard InChI is InChI=1S/C22H12F5NO3/c23-14-5-7-18(24)16(9-14)13-3-1-12(2-4-13)11-28-19-8-6-15(31-22(25,26)27)10-17(19)20(29)21(28)30/h1-10H,11H2. The molecule has 31 heavy (non-hydrogen) atoms. The molecule has 4 rings (SSSR count). The molecule has 3 aromatic carbocycles. The van der Waals surface area contributed by atoms with Crippen molar-refractivity contribution >= 4 is 17.4 Å². The highest BCUT2D eigenvalue weighted by atomic mass is 19.4. The molecule has 1 amide bonds. The molecule has 0 bridgehead atoms. The minimum absolute atomic E-state index is 0.0387. The number of rotatable bonds is 4. The molecule has 0 unspecified atom stereocenters. The maximum absolute atomic E-state index is 13.9. The van der Waals surface area contributed by atoms with Crippen LogP contribution >= 0.6 is 0 Å². The van der Waals surface area contributed by atoms with Crippen molar-refractivity contribution in [1.82, 2.24) is 0 Å². The van der Waals surface area contributed by atoms with E-state index in [2.05, 4.69) is 4.74 Å². The Bertz CT molecular complexity index is 1190. The predicted octanol–water partition coefficient (Wildman–Crippen LogP) is 5.26. The van der Waals surface area contributed by atoms with Gasteiger partial charge in [-0.25, -0.2) is 8.78 Å². The quantitative estimate of drug-likeness (QED) is 0.417. The summed E-state index contributed by atoms with van der Waals surface area (Å²) in [5.74, 6) is -3.62. The zero-order valence-electron chi connectivity index (χ0n) is 15.5. The molecular weight excluding hydrogens is 421 g/mol. The number of carbonyl (C=O) groups is 2. The van der Waals surface area contributed by atoms with E-state index >= 15 is 0 Å². The summed E-state index contributed by atoms with van der Waals surface area (Å²) in [7, 11) is 0. The summed E-state index contributed by atoms with van der Waals surface area (Å²) >= 11 is 0. The smallest absolute Gasteiger partial charge is 0.406 e. The number of fused-ring (bicyclic) bond motifs is 1. The van der Waals surface area contributed by atoms with Gasteiger partial charge in [0.05, 0.1) is 17.8 Å². The molecule has 1 aliphatic rings. The minimum Gasteiger partial charge on any atom is -0.406 e. The third-order valence-electron chi connectivity index (χ3n) is 4.71. The van der Waals surface area contributed by atoms with Crippen molar-refractivity contribution in [1.29, 1.82) is 0 Å². The Morgan fingerprint density at radius 2 is 1.55 bits per heavy atom. The van der Waals surface area contributed by atoms with Gasteiger partial charge in [0, 0.05) is 5.56 Å². The van der Waals surface area contributed by atoms with Gasteiger partial charge in [0.25, 0.3) is 11.7 Å². The Balaban J connectivity index is 1.58. The van der Waals surface area contributed by atoms with Gasteiger partial charge in [-0.15, -0.1) is 13.2 Å². The molecule has 0 saturated carbocycles. The highest BCUT2D eigenvalue weighted by Crippen LogP contribution is 2.35. The first kappa shape index (κ1) is 20.5. The highest BCUT2D eigenvalue weighted by Gasteiger charge is 2.37. The van der Waals surface area contributed by atoms with Crippen LogP contribution in [-0.2, 0) is 11.3 Å². The maximum atomic E-state index is 13.9. The Hall–Kier alpha value is -3.75. The van der Waals surface area contributed by atoms with Gasteiger partial charge in [0.1, 0.15) is 17.4 Å². The second kappa shape index (κ2) is 7.50.